The Balaban J connectivity index is 2.09. The van der Waals surface area contributed by atoms with Crippen LogP contribution in [-0.2, 0) is 9.84 Å². The lowest BCUT2D eigenvalue weighted by Crippen LogP contribution is -2.27. The molecule has 0 aliphatic heterocycles. The van der Waals surface area contributed by atoms with E-state index in [1.165, 1.54) is 4.88 Å². The second-order valence-electron chi connectivity index (χ2n) is 6.23. The summed E-state index contributed by atoms with van der Waals surface area (Å²) in [6.07, 6.45) is 3.45. The lowest BCUT2D eigenvalue weighted by atomic mass is 10.2. The van der Waals surface area contributed by atoms with Crippen molar-refractivity contribution in [3.8, 4) is 11.4 Å². The molecule has 0 bridgehead atoms. The van der Waals surface area contributed by atoms with Gasteiger partial charge in [0.25, 0.3) is 0 Å². The summed E-state index contributed by atoms with van der Waals surface area (Å²) in [6, 6.07) is 3.78. The van der Waals surface area contributed by atoms with Gasteiger partial charge in [0.15, 0.2) is 15.7 Å². The minimum atomic E-state index is -3.04. The largest absolute Gasteiger partial charge is 0.358 e. The van der Waals surface area contributed by atoms with E-state index in [1.54, 1.807) is 30.7 Å². The molecule has 0 aliphatic rings. The van der Waals surface area contributed by atoms with Crippen molar-refractivity contribution in [1.29, 1.82) is 0 Å². The molecule has 0 saturated carbocycles. The van der Waals surface area contributed by atoms with E-state index in [-0.39, 0.29) is 11.5 Å². The number of sulfone groups is 1. The molecular formula is C18H22N4O2S2. The second-order valence-corrected chi connectivity index (χ2v) is 9.91. The molecular weight excluding hydrogens is 368 g/mol. The molecule has 26 heavy (non-hydrogen) atoms. The Kier molecular flexibility index (Phi) is 5.24. The fourth-order valence-electron chi connectivity index (χ4n) is 2.66. The minimum absolute atomic E-state index is 0.107. The zero-order chi connectivity index (χ0) is 18.9. The summed E-state index contributed by atoms with van der Waals surface area (Å²) in [5.74, 6) is 1.63. The summed E-state index contributed by atoms with van der Waals surface area (Å²) in [4.78, 5) is 17.6. The summed E-state index contributed by atoms with van der Waals surface area (Å²) in [5, 5.41) is 0.997. The fourth-order valence-corrected chi connectivity index (χ4v) is 4.52. The predicted octanol–water partition coefficient (Wildman–Crippen LogP) is 3.24. The van der Waals surface area contributed by atoms with E-state index in [9.17, 15) is 8.42 Å². The molecule has 0 atom stereocenters. The quantitative estimate of drug-likeness (QED) is 0.643. The van der Waals surface area contributed by atoms with E-state index >= 15 is 0 Å². The summed E-state index contributed by atoms with van der Waals surface area (Å²) < 4.78 is 23.8. The molecule has 8 heteroatoms. The molecule has 0 fully saturated rings. The molecule has 3 aromatic rings. The molecule has 0 amide bonds. The van der Waals surface area contributed by atoms with Gasteiger partial charge in [-0.05, 0) is 31.5 Å². The Morgan fingerprint density at radius 1 is 1.23 bits per heavy atom. The summed E-state index contributed by atoms with van der Waals surface area (Å²) in [5.41, 5.74) is 1.98. The minimum Gasteiger partial charge on any atom is -0.358 e. The number of aryl methyl sites for hydroxylation is 2. The van der Waals surface area contributed by atoms with Gasteiger partial charge in [-0.25, -0.2) is 18.4 Å². The lowest BCUT2D eigenvalue weighted by Gasteiger charge is -2.20. The van der Waals surface area contributed by atoms with E-state index in [2.05, 4.69) is 18.8 Å². The van der Waals surface area contributed by atoms with Crippen LogP contribution in [0.5, 0.6) is 0 Å². The van der Waals surface area contributed by atoms with E-state index in [1.807, 2.05) is 24.1 Å². The van der Waals surface area contributed by atoms with Gasteiger partial charge in [0.05, 0.1) is 11.1 Å². The normalized spacial score (nSPS) is 11.8. The van der Waals surface area contributed by atoms with Gasteiger partial charge in [-0.15, -0.1) is 11.3 Å². The zero-order valence-electron chi connectivity index (χ0n) is 15.4. The first-order chi connectivity index (χ1) is 12.3. The first-order valence-electron chi connectivity index (χ1n) is 8.42. The number of fused-ring (bicyclic) bond motifs is 1. The van der Waals surface area contributed by atoms with Crippen LogP contribution in [0.2, 0.25) is 0 Å². The molecule has 0 aliphatic carbocycles. The van der Waals surface area contributed by atoms with Gasteiger partial charge in [0, 0.05) is 42.2 Å². The van der Waals surface area contributed by atoms with Crippen molar-refractivity contribution >= 4 is 37.2 Å². The predicted molar refractivity (Wildman–Crippen MR) is 108 cm³/mol. The summed E-state index contributed by atoms with van der Waals surface area (Å²) in [6.45, 7) is 6.19. The van der Waals surface area contributed by atoms with E-state index in [0.717, 1.165) is 27.2 Å². The molecule has 0 radical (unpaired) electrons. The third kappa shape index (κ3) is 3.71. The van der Waals surface area contributed by atoms with Crippen molar-refractivity contribution in [2.24, 2.45) is 0 Å². The molecule has 3 aromatic heterocycles. The van der Waals surface area contributed by atoms with Crippen LogP contribution in [0.1, 0.15) is 17.4 Å². The smallest absolute Gasteiger partial charge is 0.164 e. The number of anilines is 1. The van der Waals surface area contributed by atoms with Gasteiger partial charge in [-0.1, -0.05) is 6.92 Å². The van der Waals surface area contributed by atoms with Crippen LogP contribution in [0, 0.1) is 13.8 Å². The van der Waals surface area contributed by atoms with Crippen LogP contribution in [0.4, 0.5) is 5.82 Å². The highest BCUT2D eigenvalue weighted by Gasteiger charge is 2.19. The van der Waals surface area contributed by atoms with Crippen molar-refractivity contribution in [1.82, 2.24) is 15.0 Å². The zero-order valence-corrected chi connectivity index (χ0v) is 17.0. The molecule has 6 nitrogen and oxygen atoms in total. The van der Waals surface area contributed by atoms with Crippen LogP contribution in [0.25, 0.3) is 21.6 Å². The Morgan fingerprint density at radius 2 is 2.00 bits per heavy atom. The molecule has 3 rings (SSSR count). The highest BCUT2D eigenvalue weighted by Crippen LogP contribution is 2.36. The van der Waals surface area contributed by atoms with E-state index in [0.29, 0.717) is 12.4 Å². The average molecular weight is 391 g/mol. The van der Waals surface area contributed by atoms with Gasteiger partial charge in [0.1, 0.15) is 10.6 Å². The Hall–Kier alpha value is -2.06. The molecule has 0 aromatic carbocycles. The third-order valence-corrected chi connectivity index (χ3v) is 7.25. The number of thiophene rings is 1. The standard InChI is InChI=1S/C18H22N4O2S2/c1-5-26(23,24)10-9-22(4)17-15-12(2)13(3)25-18(15)21-16(20-17)14-7-6-8-19-11-14/h6-8,11H,5,9-10H2,1-4H3. The van der Waals surface area contributed by atoms with Crippen molar-refractivity contribution in [2.45, 2.75) is 20.8 Å². The third-order valence-electron chi connectivity index (χ3n) is 4.47. The maximum atomic E-state index is 11.9. The summed E-state index contributed by atoms with van der Waals surface area (Å²) >= 11 is 1.63. The maximum Gasteiger partial charge on any atom is 0.164 e. The monoisotopic (exact) mass is 390 g/mol. The number of rotatable bonds is 6. The van der Waals surface area contributed by atoms with Gasteiger partial charge in [-0.2, -0.15) is 0 Å². The average Bonchev–Trinajstić information content (AvgIpc) is 2.94. The first kappa shape index (κ1) is 18.7. The summed E-state index contributed by atoms with van der Waals surface area (Å²) in [7, 11) is -1.15. The number of pyridine rings is 1. The molecule has 0 N–H and O–H groups in total. The SMILES string of the molecule is CCS(=O)(=O)CCN(C)c1nc(-c2cccnc2)nc2sc(C)c(C)c12. The Bertz CT molecular complexity index is 1030. The Labute approximate surface area is 157 Å². The molecule has 0 saturated heterocycles. The van der Waals surface area contributed by atoms with Crippen molar-refractivity contribution in [2.75, 3.05) is 30.0 Å². The molecule has 138 valence electrons. The van der Waals surface area contributed by atoms with Crippen molar-refractivity contribution in [3.05, 3.63) is 35.0 Å². The van der Waals surface area contributed by atoms with Gasteiger partial charge in [0.2, 0.25) is 0 Å². The highest BCUT2D eigenvalue weighted by molar-refractivity contribution is 7.91. The van der Waals surface area contributed by atoms with E-state index < -0.39 is 9.84 Å². The lowest BCUT2D eigenvalue weighted by molar-refractivity contribution is 0.596. The Morgan fingerprint density at radius 3 is 2.65 bits per heavy atom. The van der Waals surface area contributed by atoms with E-state index in [4.69, 9.17) is 9.97 Å². The first-order valence-corrected chi connectivity index (χ1v) is 11.1. The topological polar surface area (TPSA) is 76.1 Å². The molecule has 0 unspecified atom stereocenters. The number of nitrogens with zero attached hydrogens (tertiary/aromatic N) is 4. The number of hydrogen-bond donors (Lipinski definition) is 0. The van der Waals surface area contributed by atoms with Crippen molar-refractivity contribution < 1.29 is 8.42 Å². The highest BCUT2D eigenvalue weighted by atomic mass is 32.2. The molecule has 0 spiro atoms. The van der Waals surface area contributed by atoms with Gasteiger partial charge < -0.3 is 4.90 Å². The van der Waals surface area contributed by atoms with Crippen LogP contribution >= 0.6 is 11.3 Å². The number of aromatic nitrogens is 3. The second kappa shape index (κ2) is 7.28. The van der Waals surface area contributed by atoms with Crippen LogP contribution in [-0.4, -0.2) is 48.5 Å². The van der Waals surface area contributed by atoms with Crippen LogP contribution in [0.3, 0.4) is 0 Å². The fraction of sp³-hybridized carbons (Fsp3) is 0.389. The van der Waals surface area contributed by atoms with Crippen LogP contribution in [0.15, 0.2) is 24.5 Å². The maximum absolute atomic E-state index is 11.9. The van der Waals surface area contributed by atoms with Gasteiger partial charge in [-0.3, -0.25) is 4.98 Å². The van der Waals surface area contributed by atoms with Crippen LogP contribution < -0.4 is 4.90 Å². The van der Waals surface area contributed by atoms with Crippen molar-refractivity contribution in [3.63, 3.8) is 0 Å². The number of hydrogen-bond acceptors (Lipinski definition) is 7. The van der Waals surface area contributed by atoms with Gasteiger partial charge >= 0.3 is 0 Å². The molecule has 3 heterocycles.